The summed E-state index contributed by atoms with van der Waals surface area (Å²) in [6, 6.07) is 10.2. The number of hydrogen-bond donors (Lipinski definition) is 1. The van der Waals surface area contributed by atoms with Crippen LogP contribution in [0.4, 0.5) is 14.9 Å². The van der Waals surface area contributed by atoms with Crippen molar-refractivity contribution in [3.8, 4) is 11.1 Å². The minimum atomic E-state index is -0.446. The third-order valence-electron chi connectivity index (χ3n) is 5.48. The SMILES string of the molecule is Cc1ccc(-c2cc(C(=O)NC3CC3)cc(N3C(=O)OCC3C(C)C)c2)c(F)c1. The minimum absolute atomic E-state index is 0.139. The summed E-state index contributed by atoms with van der Waals surface area (Å²) < 4.78 is 19.9. The second-order valence-corrected chi connectivity index (χ2v) is 8.26. The lowest BCUT2D eigenvalue weighted by atomic mass is 9.98. The number of hydrogen-bond acceptors (Lipinski definition) is 3. The van der Waals surface area contributed by atoms with E-state index in [1.165, 1.54) is 6.07 Å². The Morgan fingerprint density at radius 3 is 2.62 bits per heavy atom. The van der Waals surface area contributed by atoms with Gasteiger partial charge in [-0.25, -0.2) is 9.18 Å². The Hall–Kier alpha value is -2.89. The molecule has 6 heteroatoms. The molecule has 1 N–H and O–H groups in total. The fourth-order valence-corrected chi connectivity index (χ4v) is 3.61. The first-order chi connectivity index (χ1) is 13.8. The van der Waals surface area contributed by atoms with E-state index in [-0.39, 0.29) is 29.7 Å². The summed E-state index contributed by atoms with van der Waals surface area (Å²) in [6.45, 7) is 6.15. The summed E-state index contributed by atoms with van der Waals surface area (Å²) in [5.41, 5.74) is 2.73. The largest absolute Gasteiger partial charge is 0.447 e. The van der Waals surface area contributed by atoms with Gasteiger partial charge >= 0.3 is 6.09 Å². The van der Waals surface area contributed by atoms with Gasteiger partial charge in [-0.15, -0.1) is 0 Å². The van der Waals surface area contributed by atoms with Crippen LogP contribution in [0.25, 0.3) is 11.1 Å². The Morgan fingerprint density at radius 1 is 1.21 bits per heavy atom. The third-order valence-corrected chi connectivity index (χ3v) is 5.48. The molecular weight excluding hydrogens is 371 g/mol. The standard InChI is InChI=1S/C23H25FN2O3/c1-13(2)21-12-29-23(28)26(21)18-10-15(19-7-4-14(3)8-20(19)24)9-16(11-18)22(27)25-17-5-6-17/h4,7-11,13,17,21H,5-6,12H2,1-3H3,(H,25,27). The van der Waals surface area contributed by atoms with Crippen LogP contribution < -0.4 is 10.2 Å². The summed E-state index contributed by atoms with van der Waals surface area (Å²) in [7, 11) is 0. The Morgan fingerprint density at radius 2 is 1.97 bits per heavy atom. The zero-order chi connectivity index (χ0) is 20.7. The Kier molecular flexibility index (Phi) is 5.03. The molecule has 5 nitrogen and oxygen atoms in total. The molecule has 1 heterocycles. The maximum atomic E-state index is 14.7. The van der Waals surface area contributed by atoms with E-state index in [4.69, 9.17) is 4.74 Å². The molecule has 0 bridgehead atoms. The highest BCUT2D eigenvalue weighted by atomic mass is 19.1. The van der Waals surface area contributed by atoms with Gasteiger partial charge in [0.05, 0.1) is 6.04 Å². The average Bonchev–Trinajstić information content (AvgIpc) is 3.39. The topological polar surface area (TPSA) is 58.6 Å². The number of ether oxygens (including phenoxy) is 1. The lowest BCUT2D eigenvalue weighted by Crippen LogP contribution is -2.37. The predicted octanol–water partition coefficient (Wildman–Crippen LogP) is 4.67. The molecule has 1 aliphatic heterocycles. The number of halogens is 1. The number of carbonyl (C=O) groups excluding carboxylic acids is 2. The van der Waals surface area contributed by atoms with Crippen LogP contribution in [0.2, 0.25) is 0 Å². The minimum Gasteiger partial charge on any atom is -0.447 e. The molecule has 4 rings (SSSR count). The van der Waals surface area contributed by atoms with Crippen LogP contribution in [-0.4, -0.2) is 30.7 Å². The molecule has 152 valence electrons. The molecule has 0 spiro atoms. The van der Waals surface area contributed by atoms with E-state index in [1.807, 2.05) is 26.8 Å². The molecule has 1 saturated heterocycles. The Balaban J connectivity index is 1.81. The van der Waals surface area contributed by atoms with Gasteiger partial charge in [-0.05, 0) is 61.1 Å². The fourth-order valence-electron chi connectivity index (χ4n) is 3.61. The van der Waals surface area contributed by atoms with Gasteiger partial charge in [0.15, 0.2) is 0 Å². The number of nitrogens with one attached hydrogen (secondary N) is 1. The van der Waals surface area contributed by atoms with Crippen molar-refractivity contribution in [3.05, 3.63) is 53.3 Å². The monoisotopic (exact) mass is 396 g/mol. The number of aryl methyl sites for hydroxylation is 1. The molecule has 0 aromatic heterocycles. The van der Waals surface area contributed by atoms with Crippen molar-refractivity contribution in [2.24, 2.45) is 5.92 Å². The van der Waals surface area contributed by atoms with Crippen LogP contribution in [0.5, 0.6) is 0 Å². The second kappa shape index (κ2) is 7.50. The first kappa shape index (κ1) is 19.4. The zero-order valence-electron chi connectivity index (χ0n) is 16.9. The van der Waals surface area contributed by atoms with Crippen molar-refractivity contribution in [3.63, 3.8) is 0 Å². The number of benzene rings is 2. The highest BCUT2D eigenvalue weighted by Crippen LogP contribution is 2.34. The molecule has 29 heavy (non-hydrogen) atoms. The van der Waals surface area contributed by atoms with E-state index in [9.17, 15) is 14.0 Å². The van der Waals surface area contributed by atoms with E-state index in [0.717, 1.165) is 18.4 Å². The van der Waals surface area contributed by atoms with Crippen molar-refractivity contribution >= 4 is 17.7 Å². The quantitative estimate of drug-likeness (QED) is 0.799. The highest BCUT2D eigenvalue weighted by Gasteiger charge is 2.37. The Labute approximate surface area is 169 Å². The highest BCUT2D eigenvalue weighted by molar-refractivity contribution is 5.99. The first-order valence-electron chi connectivity index (χ1n) is 10.0. The first-order valence-corrected chi connectivity index (χ1v) is 10.0. The number of amides is 2. The molecule has 1 aliphatic carbocycles. The number of nitrogens with zero attached hydrogens (tertiary/aromatic N) is 1. The molecule has 1 atom stereocenters. The summed E-state index contributed by atoms with van der Waals surface area (Å²) in [5, 5.41) is 2.97. The van der Waals surface area contributed by atoms with Crippen LogP contribution in [0.1, 0.15) is 42.6 Å². The van der Waals surface area contributed by atoms with Gasteiger partial charge in [-0.2, -0.15) is 0 Å². The van der Waals surface area contributed by atoms with E-state index in [1.54, 1.807) is 29.2 Å². The van der Waals surface area contributed by atoms with E-state index in [2.05, 4.69) is 5.32 Å². The molecule has 2 aromatic rings. The third kappa shape index (κ3) is 3.97. The smallest absolute Gasteiger partial charge is 0.414 e. The van der Waals surface area contributed by atoms with Crippen LogP contribution in [-0.2, 0) is 4.74 Å². The van der Waals surface area contributed by atoms with Gasteiger partial charge in [0, 0.05) is 22.9 Å². The zero-order valence-corrected chi connectivity index (χ0v) is 16.9. The van der Waals surface area contributed by atoms with Gasteiger partial charge in [-0.1, -0.05) is 26.0 Å². The number of rotatable bonds is 5. The number of cyclic esters (lactones) is 1. The van der Waals surface area contributed by atoms with Gasteiger partial charge in [0.1, 0.15) is 12.4 Å². The summed E-state index contributed by atoms with van der Waals surface area (Å²) in [4.78, 5) is 26.8. The molecule has 2 aliphatic rings. The molecule has 0 radical (unpaired) electrons. The Bertz CT molecular complexity index is 969. The molecule has 2 fully saturated rings. The van der Waals surface area contributed by atoms with E-state index < -0.39 is 6.09 Å². The van der Waals surface area contributed by atoms with Gasteiger partial charge < -0.3 is 10.1 Å². The number of anilines is 1. The maximum Gasteiger partial charge on any atom is 0.414 e. The fraction of sp³-hybridized carbons (Fsp3) is 0.391. The summed E-state index contributed by atoms with van der Waals surface area (Å²) in [6.07, 6.45) is 1.50. The van der Waals surface area contributed by atoms with Gasteiger partial charge in [0.25, 0.3) is 5.91 Å². The van der Waals surface area contributed by atoms with Crippen LogP contribution in [0.15, 0.2) is 36.4 Å². The summed E-state index contributed by atoms with van der Waals surface area (Å²) >= 11 is 0. The van der Waals surface area contributed by atoms with E-state index in [0.29, 0.717) is 29.0 Å². The molecule has 1 saturated carbocycles. The lowest BCUT2D eigenvalue weighted by molar-refractivity contribution is 0.0951. The van der Waals surface area contributed by atoms with Crippen molar-refractivity contribution in [1.29, 1.82) is 0 Å². The summed E-state index contributed by atoms with van der Waals surface area (Å²) in [5.74, 6) is -0.401. The van der Waals surface area contributed by atoms with Gasteiger partial charge in [-0.3, -0.25) is 9.69 Å². The average molecular weight is 396 g/mol. The van der Waals surface area contributed by atoms with Crippen molar-refractivity contribution < 1.29 is 18.7 Å². The normalized spacial score (nSPS) is 18.9. The van der Waals surface area contributed by atoms with Gasteiger partial charge in [0.2, 0.25) is 0 Å². The molecule has 2 aromatic carbocycles. The predicted molar refractivity (Wildman–Crippen MR) is 110 cm³/mol. The number of carbonyl (C=O) groups is 2. The second-order valence-electron chi connectivity index (χ2n) is 8.26. The van der Waals surface area contributed by atoms with Crippen LogP contribution in [0, 0.1) is 18.7 Å². The lowest BCUT2D eigenvalue weighted by Gasteiger charge is -2.25. The maximum absolute atomic E-state index is 14.7. The van der Waals surface area contributed by atoms with E-state index >= 15 is 0 Å². The van der Waals surface area contributed by atoms with Crippen molar-refractivity contribution in [2.75, 3.05) is 11.5 Å². The molecule has 1 unspecified atom stereocenters. The van der Waals surface area contributed by atoms with Crippen LogP contribution in [0.3, 0.4) is 0 Å². The van der Waals surface area contributed by atoms with Crippen LogP contribution >= 0.6 is 0 Å². The van der Waals surface area contributed by atoms with Crippen molar-refractivity contribution in [2.45, 2.75) is 45.7 Å². The molecule has 2 amide bonds. The molecular formula is C23H25FN2O3. The van der Waals surface area contributed by atoms with Crippen molar-refractivity contribution in [1.82, 2.24) is 5.32 Å².